The minimum absolute atomic E-state index is 0.0580. The van der Waals surface area contributed by atoms with Crippen LogP contribution in [0.2, 0.25) is 0 Å². The van der Waals surface area contributed by atoms with E-state index in [-0.39, 0.29) is 17.2 Å². The van der Waals surface area contributed by atoms with Crippen LogP contribution in [0.3, 0.4) is 0 Å². The molecule has 82 valence electrons. The maximum atomic E-state index is 11.0. The Morgan fingerprint density at radius 1 is 1.80 bits per heavy atom. The van der Waals surface area contributed by atoms with Gasteiger partial charge in [0.25, 0.3) is 0 Å². The van der Waals surface area contributed by atoms with Gasteiger partial charge in [-0.05, 0) is 23.8 Å². The van der Waals surface area contributed by atoms with Crippen molar-refractivity contribution in [2.75, 3.05) is 12.4 Å². The smallest absolute Gasteiger partial charge is 0.234 e. The lowest BCUT2D eigenvalue weighted by molar-refractivity contribution is -0.118. The first-order valence-electron chi connectivity index (χ1n) is 5.03. The lowest BCUT2D eigenvalue weighted by Gasteiger charge is -2.09. The number of nitrogens with one attached hydrogen (secondary N) is 1. The van der Waals surface area contributed by atoms with Crippen LogP contribution < -0.4 is 5.32 Å². The Morgan fingerprint density at radius 2 is 2.60 bits per heavy atom. The summed E-state index contributed by atoms with van der Waals surface area (Å²) in [5.74, 6) is 0.558. The van der Waals surface area contributed by atoms with E-state index in [2.05, 4.69) is 29.8 Å². The van der Waals surface area contributed by atoms with Crippen LogP contribution in [0.4, 0.5) is 0 Å². The monoisotopic (exact) mass is 243 g/mol. The third-order valence-electron chi connectivity index (χ3n) is 3.16. The fourth-order valence-electron chi connectivity index (χ4n) is 1.94. The van der Waals surface area contributed by atoms with Crippen molar-refractivity contribution in [2.45, 2.75) is 18.8 Å². The van der Waals surface area contributed by atoms with Crippen LogP contribution in [0.1, 0.15) is 18.2 Å². The summed E-state index contributed by atoms with van der Waals surface area (Å²) < 4.78 is 0. The van der Waals surface area contributed by atoms with Gasteiger partial charge in [-0.2, -0.15) is 0 Å². The highest BCUT2D eigenvalue weighted by molar-refractivity contribution is 7.10. The van der Waals surface area contributed by atoms with Gasteiger partial charge in [-0.15, -0.1) is 22.9 Å². The predicted octanol–water partition coefficient (Wildman–Crippen LogP) is 2.38. The molecule has 2 nitrogen and oxygen atoms in total. The number of thiophene rings is 1. The SMILES string of the molecule is CC1(c2cccs2)CC1CNC(=O)CCl. The Hall–Kier alpha value is -0.540. The molecule has 2 unspecified atom stereocenters. The zero-order chi connectivity index (χ0) is 10.9. The van der Waals surface area contributed by atoms with E-state index >= 15 is 0 Å². The highest BCUT2D eigenvalue weighted by atomic mass is 35.5. The maximum absolute atomic E-state index is 11.0. The van der Waals surface area contributed by atoms with Crippen LogP contribution in [-0.2, 0) is 10.2 Å². The predicted molar refractivity (Wildman–Crippen MR) is 63.5 cm³/mol. The Labute approximate surface area is 98.6 Å². The Kier molecular flexibility index (Phi) is 3.03. The summed E-state index contributed by atoms with van der Waals surface area (Å²) in [4.78, 5) is 12.4. The minimum Gasteiger partial charge on any atom is -0.355 e. The molecule has 1 amide bonds. The van der Waals surface area contributed by atoms with Crippen molar-refractivity contribution in [1.29, 1.82) is 0 Å². The van der Waals surface area contributed by atoms with Gasteiger partial charge in [-0.3, -0.25) is 4.79 Å². The third kappa shape index (κ3) is 2.18. The first kappa shape index (κ1) is 11.0. The maximum Gasteiger partial charge on any atom is 0.234 e. The van der Waals surface area contributed by atoms with Gasteiger partial charge >= 0.3 is 0 Å². The number of alkyl halides is 1. The Morgan fingerprint density at radius 3 is 3.20 bits per heavy atom. The Bertz CT molecular complexity index is 351. The van der Waals surface area contributed by atoms with E-state index in [4.69, 9.17) is 11.6 Å². The zero-order valence-electron chi connectivity index (χ0n) is 8.63. The van der Waals surface area contributed by atoms with Crippen LogP contribution in [0.25, 0.3) is 0 Å². The molecule has 4 heteroatoms. The molecule has 1 aliphatic carbocycles. The van der Waals surface area contributed by atoms with Crippen molar-refractivity contribution in [2.24, 2.45) is 5.92 Å². The van der Waals surface area contributed by atoms with Gasteiger partial charge in [0.05, 0.1) is 0 Å². The minimum atomic E-state index is -0.0721. The largest absolute Gasteiger partial charge is 0.355 e. The van der Waals surface area contributed by atoms with Gasteiger partial charge in [-0.25, -0.2) is 0 Å². The molecule has 1 aliphatic rings. The second-order valence-electron chi connectivity index (χ2n) is 4.23. The summed E-state index contributed by atoms with van der Waals surface area (Å²) in [6.07, 6.45) is 1.16. The molecular formula is C11H14ClNOS. The van der Waals surface area contributed by atoms with Crippen molar-refractivity contribution in [3.8, 4) is 0 Å². The molecule has 1 fully saturated rings. The summed E-state index contributed by atoms with van der Waals surface area (Å²) in [7, 11) is 0. The average molecular weight is 244 g/mol. The lowest BCUT2D eigenvalue weighted by Crippen LogP contribution is -2.28. The summed E-state index contributed by atoms with van der Waals surface area (Å²) in [5, 5.41) is 4.95. The highest BCUT2D eigenvalue weighted by Gasteiger charge is 2.51. The molecule has 2 atom stereocenters. The molecule has 1 saturated carbocycles. The molecular weight excluding hydrogens is 230 g/mol. The number of carbonyl (C=O) groups is 1. The fourth-order valence-corrected chi connectivity index (χ4v) is 3.01. The van der Waals surface area contributed by atoms with E-state index in [9.17, 15) is 4.79 Å². The molecule has 1 heterocycles. The van der Waals surface area contributed by atoms with Crippen molar-refractivity contribution in [1.82, 2.24) is 5.32 Å². The first-order valence-corrected chi connectivity index (χ1v) is 6.45. The number of halogens is 1. The number of hydrogen-bond donors (Lipinski definition) is 1. The topological polar surface area (TPSA) is 29.1 Å². The van der Waals surface area contributed by atoms with Gasteiger partial charge in [-0.1, -0.05) is 13.0 Å². The van der Waals surface area contributed by atoms with Crippen molar-refractivity contribution < 1.29 is 4.79 Å². The van der Waals surface area contributed by atoms with Crippen LogP contribution in [0, 0.1) is 5.92 Å². The van der Waals surface area contributed by atoms with Crippen molar-refractivity contribution in [3.63, 3.8) is 0 Å². The molecule has 15 heavy (non-hydrogen) atoms. The molecule has 0 saturated heterocycles. The van der Waals surface area contributed by atoms with Crippen LogP contribution in [0.15, 0.2) is 17.5 Å². The third-order valence-corrected chi connectivity index (χ3v) is 4.55. The lowest BCUT2D eigenvalue weighted by atomic mass is 10.0. The molecule has 2 rings (SSSR count). The van der Waals surface area contributed by atoms with Gasteiger partial charge in [0.1, 0.15) is 5.88 Å². The van der Waals surface area contributed by atoms with Gasteiger partial charge in [0.15, 0.2) is 0 Å². The van der Waals surface area contributed by atoms with Crippen molar-refractivity contribution >= 4 is 28.8 Å². The molecule has 0 aromatic carbocycles. The number of carbonyl (C=O) groups excluding carboxylic acids is 1. The summed E-state index contributed by atoms with van der Waals surface area (Å²) in [6.45, 7) is 3.01. The van der Waals surface area contributed by atoms with E-state index < -0.39 is 0 Å². The van der Waals surface area contributed by atoms with Crippen LogP contribution in [0.5, 0.6) is 0 Å². The van der Waals surface area contributed by atoms with E-state index in [1.807, 2.05) is 0 Å². The first-order chi connectivity index (χ1) is 7.16. The molecule has 1 aromatic heterocycles. The van der Waals surface area contributed by atoms with Crippen LogP contribution in [-0.4, -0.2) is 18.3 Å². The second-order valence-corrected chi connectivity index (χ2v) is 5.45. The number of rotatable bonds is 4. The van der Waals surface area contributed by atoms with Gasteiger partial charge < -0.3 is 5.32 Å². The van der Waals surface area contributed by atoms with Crippen LogP contribution >= 0.6 is 22.9 Å². The van der Waals surface area contributed by atoms with E-state index in [1.165, 1.54) is 4.88 Å². The average Bonchev–Trinajstić information content (AvgIpc) is 2.72. The molecule has 0 aliphatic heterocycles. The van der Waals surface area contributed by atoms with E-state index in [1.54, 1.807) is 11.3 Å². The zero-order valence-corrected chi connectivity index (χ0v) is 10.2. The fraction of sp³-hybridized carbons (Fsp3) is 0.545. The van der Waals surface area contributed by atoms with E-state index in [0.717, 1.165) is 13.0 Å². The standard InChI is InChI=1S/C11H14ClNOS/c1-11(9-3-2-4-15-9)5-8(11)7-13-10(14)6-12/h2-4,8H,5-7H2,1H3,(H,13,14). The van der Waals surface area contributed by atoms with Crippen molar-refractivity contribution in [3.05, 3.63) is 22.4 Å². The van der Waals surface area contributed by atoms with Gasteiger partial charge in [0, 0.05) is 16.8 Å². The molecule has 0 bridgehead atoms. The number of amides is 1. The molecule has 1 aromatic rings. The highest BCUT2D eigenvalue weighted by Crippen LogP contribution is 2.54. The van der Waals surface area contributed by atoms with E-state index in [0.29, 0.717) is 5.92 Å². The molecule has 1 N–H and O–H groups in total. The van der Waals surface area contributed by atoms with Gasteiger partial charge in [0.2, 0.25) is 5.91 Å². The molecule has 0 spiro atoms. The Balaban J connectivity index is 1.87. The second kappa shape index (κ2) is 4.14. The number of hydrogen-bond acceptors (Lipinski definition) is 2. The summed E-state index contributed by atoms with van der Waals surface area (Å²) in [6, 6.07) is 4.26. The summed E-state index contributed by atoms with van der Waals surface area (Å²) >= 11 is 7.21. The summed E-state index contributed by atoms with van der Waals surface area (Å²) in [5.41, 5.74) is 0.285. The normalized spacial score (nSPS) is 28.8. The quantitative estimate of drug-likeness (QED) is 0.809. The molecule has 0 radical (unpaired) electrons.